The number of hydrogen-bond donors (Lipinski definition) is 1. The summed E-state index contributed by atoms with van der Waals surface area (Å²) in [7, 11) is 1.92. The molecule has 0 aliphatic heterocycles. The first-order valence-corrected chi connectivity index (χ1v) is 9.42. The third kappa shape index (κ3) is 7.18. The number of benzene rings is 1. The molecule has 1 aromatic heterocycles. The number of hydrogen-bond acceptors (Lipinski definition) is 3. The molecule has 0 unspecified atom stereocenters. The van der Waals surface area contributed by atoms with Crippen LogP contribution in [0.3, 0.4) is 0 Å². The summed E-state index contributed by atoms with van der Waals surface area (Å²) < 4.78 is 0. The zero-order valence-electron chi connectivity index (χ0n) is 16.1. The standard InChI is InChI=1S/C10H15NOS.C8H11N.C2H6/c1-4-9-8(3)6-10(13-9)11(5-2)7-12;1-7-3-5-8(9-2)6-4-7;1-2/h6-7H,4-5H2,1-3H3;3-6,9H,1-2H3;1-2H3. The van der Waals surface area contributed by atoms with E-state index < -0.39 is 0 Å². The lowest BCUT2D eigenvalue weighted by Crippen LogP contribution is -2.18. The van der Waals surface area contributed by atoms with Gasteiger partial charge in [0.25, 0.3) is 0 Å². The predicted molar refractivity (Wildman–Crippen MR) is 110 cm³/mol. The number of carbonyl (C=O) groups is 1. The van der Waals surface area contributed by atoms with Crippen molar-refractivity contribution in [2.45, 2.75) is 48.0 Å². The molecule has 0 atom stereocenters. The molecule has 0 saturated carbocycles. The summed E-state index contributed by atoms with van der Waals surface area (Å²) in [5.41, 5.74) is 3.76. The number of amides is 1. The normalized spacial score (nSPS) is 9.12. The third-order valence-electron chi connectivity index (χ3n) is 3.42. The Morgan fingerprint density at radius 2 is 1.71 bits per heavy atom. The number of rotatable bonds is 5. The fourth-order valence-electron chi connectivity index (χ4n) is 2.00. The molecule has 2 aromatic rings. The van der Waals surface area contributed by atoms with Crippen molar-refractivity contribution >= 4 is 28.4 Å². The number of nitrogens with zero attached hydrogens (tertiary/aromatic N) is 1. The lowest BCUT2D eigenvalue weighted by atomic mass is 10.2. The van der Waals surface area contributed by atoms with Gasteiger partial charge in [-0.15, -0.1) is 11.3 Å². The van der Waals surface area contributed by atoms with Crippen molar-refractivity contribution in [3.63, 3.8) is 0 Å². The summed E-state index contributed by atoms with van der Waals surface area (Å²) in [5, 5.41) is 4.12. The fraction of sp³-hybridized carbons (Fsp3) is 0.450. The van der Waals surface area contributed by atoms with Crippen LogP contribution in [0.1, 0.15) is 43.7 Å². The molecule has 0 radical (unpaired) electrons. The Labute approximate surface area is 151 Å². The highest BCUT2D eigenvalue weighted by molar-refractivity contribution is 7.16. The van der Waals surface area contributed by atoms with Crippen LogP contribution in [0.4, 0.5) is 10.7 Å². The SMILES string of the molecule is CC.CCc1sc(N(C=O)CC)cc1C.CNc1ccc(C)cc1. The van der Waals surface area contributed by atoms with Crippen molar-refractivity contribution in [2.24, 2.45) is 0 Å². The topological polar surface area (TPSA) is 32.3 Å². The van der Waals surface area contributed by atoms with Gasteiger partial charge in [0.15, 0.2) is 0 Å². The summed E-state index contributed by atoms with van der Waals surface area (Å²) in [6, 6.07) is 10.4. The molecule has 4 heteroatoms. The molecule has 0 aliphatic rings. The Balaban J connectivity index is 0.000000420. The summed E-state index contributed by atoms with van der Waals surface area (Å²) in [6.45, 7) is 13.0. The second kappa shape index (κ2) is 12.6. The van der Waals surface area contributed by atoms with E-state index in [9.17, 15) is 4.79 Å². The van der Waals surface area contributed by atoms with Gasteiger partial charge in [0.1, 0.15) is 0 Å². The van der Waals surface area contributed by atoms with E-state index in [1.807, 2.05) is 27.8 Å². The number of aryl methyl sites for hydroxylation is 3. The fourth-order valence-corrected chi connectivity index (χ4v) is 3.14. The minimum absolute atomic E-state index is 0.743. The van der Waals surface area contributed by atoms with Crippen molar-refractivity contribution in [1.29, 1.82) is 0 Å². The molecule has 0 saturated heterocycles. The second-order valence-corrected chi connectivity index (χ2v) is 6.17. The molecule has 0 aliphatic carbocycles. The lowest BCUT2D eigenvalue weighted by molar-refractivity contribution is -0.107. The highest BCUT2D eigenvalue weighted by Gasteiger charge is 2.08. The molecule has 134 valence electrons. The third-order valence-corrected chi connectivity index (χ3v) is 4.84. The van der Waals surface area contributed by atoms with E-state index in [1.165, 1.54) is 21.7 Å². The average Bonchev–Trinajstić information content (AvgIpc) is 3.00. The van der Waals surface area contributed by atoms with E-state index in [2.05, 4.69) is 56.4 Å². The van der Waals surface area contributed by atoms with E-state index >= 15 is 0 Å². The van der Waals surface area contributed by atoms with Gasteiger partial charge in [-0.1, -0.05) is 38.5 Å². The molecule has 2 rings (SSSR count). The molecular formula is C20H32N2OS. The van der Waals surface area contributed by atoms with Gasteiger partial charge in [0, 0.05) is 24.2 Å². The number of thiophene rings is 1. The number of carbonyl (C=O) groups excluding carboxylic acids is 1. The molecule has 3 nitrogen and oxygen atoms in total. The van der Waals surface area contributed by atoms with Crippen LogP contribution < -0.4 is 10.2 Å². The number of anilines is 2. The second-order valence-electron chi connectivity index (χ2n) is 5.05. The van der Waals surface area contributed by atoms with Crippen LogP contribution in [-0.4, -0.2) is 20.0 Å². The largest absolute Gasteiger partial charge is 0.388 e. The maximum absolute atomic E-state index is 10.7. The van der Waals surface area contributed by atoms with Crippen LogP contribution in [0.25, 0.3) is 0 Å². The Hall–Kier alpha value is -1.81. The van der Waals surface area contributed by atoms with Crippen LogP contribution in [0, 0.1) is 13.8 Å². The van der Waals surface area contributed by atoms with Gasteiger partial charge >= 0.3 is 0 Å². The maximum Gasteiger partial charge on any atom is 0.214 e. The quantitative estimate of drug-likeness (QED) is 0.707. The molecule has 1 N–H and O–H groups in total. The van der Waals surface area contributed by atoms with Crippen molar-refractivity contribution in [3.05, 3.63) is 46.3 Å². The van der Waals surface area contributed by atoms with E-state index in [0.29, 0.717) is 0 Å². The van der Waals surface area contributed by atoms with Gasteiger partial charge < -0.3 is 10.2 Å². The predicted octanol–water partition coefficient (Wildman–Crippen LogP) is 5.66. The first-order chi connectivity index (χ1) is 11.5. The van der Waals surface area contributed by atoms with Gasteiger partial charge in [0.2, 0.25) is 6.41 Å². The van der Waals surface area contributed by atoms with Crippen LogP contribution in [0.2, 0.25) is 0 Å². The van der Waals surface area contributed by atoms with Gasteiger partial charge in [-0.2, -0.15) is 0 Å². The first-order valence-electron chi connectivity index (χ1n) is 8.61. The molecule has 1 aromatic carbocycles. The molecule has 0 spiro atoms. The smallest absolute Gasteiger partial charge is 0.214 e. The van der Waals surface area contributed by atoms with Crippen LogP contribution in [-0.2, 0) is 11.2 Å². The van der Waals surface area contributed by atoms with Crippen molar-refractivity contribution in [1.82, 2.24) is 0 Å². The van der Waals surface area contributed by atoms with E-state index in [0.717, 1.165) is 24.4 Å². The van der Waals surface area contributed by atoms with Crippen molar-refractivity contribution in [2.75, 3.05) is 23.8 Å². The Kier molecular flexibility index (Phi) is 11.6. The van der Waals surface area contributed by atoms with Gasteiger partial charge in [0.05, 0.1) is 5.00 Å². The summed E-state index contributed by atoms with van der Waals surface area (Å²) in [5.74, 6) is 0. The summed E-state index contributed by atoms with van der Waals surface area (Å²) in [4.78, 5) is 13.8. The van der Waals surface area contributed by atoms with Crippen LogP contribution >= 0.6 is 11.3 Å². The van der Waals surface area contributed by atoms with E-state index in [1.54, 1.807) is 16.2 Å². The Morgan fingerprint density at radius 1 is 1.12 bits per heavy atom. The van der Waals surface area contributed by atoms with E-state index in [4.69, 9.17) is 0 Å². The van der Waals surface area contributed by atoms with Gasteiger partial charge in [-0.25, -0.2) is 0 Å². The highest BCUT2D eigenvalue weighted by Crippen LogP contribution is 2.29. The summed E-state index contributed by atoms with van der Waals surface area (Å²) >= 11 is 1.71. The average molecular weight is 349 g/mol. The lowest BCUT2D eigenvalue weighted by Gasteiger charge is -2.10. The Morgan fingerprint density at radius 3 is 2.08 bits per heavy atom. The number of nitrogens with one attached hydrogen (secondary N) is 1. The molecule has 0 bridgehead atoms. The molecule has 0 fully saturated rings. The maximum atomic E-state index is 10.7. The van der Waals surface area contributed by atoms with Crippen molar-refractivity contribution < 1.29 is 4.79 Å². The highest BCUT2D eigenvalue weighted by atomic mass is 32.1. The minimum atomic E-state index is 0.743. The molecule has 1 amide bonds. The molecule has 24 heavy (non-hydrogen) atoms. The van der Waals surface area contributed by atoms with Crippen molar-refractivity contribution in [3.8, 4) is 0 Å². The molecular weight excluding hydrogens is 316 g/mol. The summed E-state index contributed by atoms with van der Waals surface area (Å²) in [6.07, 6.45) is 1.94. The first kappa shape index (κ1) is 22.2. The van der Waals surface area contributed by atoms with Gasteiger partial charge in [-0.3, -0.25) is 4.79 Å². The zero-order valence-corrected chi connectivity index (χ0v) is 17.0. The molecule has 1 heterocycles. The monoisotopic (exact) mass is 348 g/mol. The Bertz CT molecular complexity index is 576. The van der Waals surface area contributed by atoms with Crippen LogP contribution in [0.15, 0.2) is 30.3 Å². The van der Waals surface area contributed by atoms with Crippen LogP contribution in [0.5, 0.6) is 0 Å². The van der Waals surface area contributed by atoms with Gasteiger partial charge in [-0.05, 0) is 51.0 Å². The van der Waals surface area contributed by atoms with E-state index in [-0.39, 0.29) is 0 Å². The zero-order chi connectivity index (χ0) is 18.5. The minimum Gasteiger partial charge on any atom is -0.388 e.